The highest BCUT2D eigenvalue weighted by Gasteiger charge is 2.10. The van der Waals surface area contributed by atoms with Crippen molar-refractivity contribution < 1.29 is 9.90 Å². The molecule has 0 atom stereocenters. The summed E-state index contributed by atoms with van der Waals surface area (Å²) in [6, 6.07) is 10.5. The Morgan fingerprint density at radius 2 is 1.80 bits per heavy atom. The summed E-state index contributed by atoms with van der Waals surface area (Å²) >= 11 is 0. The van der Waals surface area contributed by atoms with Gasteiger partial charge in [-0.3, -0.25) is 0 Å². The summed E-state index contributed by atoms with van der Waals surface area (Å²) in [6.07, 6.45) is 0. The molecule has 0 aliphatic heterocycles. The van der Waals surface area contributed by atoms with E-state index in [-0.39, 0.29) is 11.3 Å². The van der Waals surface area contributed by atoms with Crippen LogP contribution < -0.4 is 0 Å². The third-order valence-electron chi connectivity index (χ3n) is 2.21. The van der Waals surface area contributed by atoms with E-state index in [1.54, 1.807) is 6.07 Å². The van der Waals surface area contributed by atoms with E-state index in [2.05, 4.69) is 5.11 Å². The fourth-order valence-electron chi connectivity index (χ4n) is 1.49. The zero-order chi connectivity index (χ0) is 10.8. The second kappa shape index (κ2) is 3.49. The first-order chi connectivity index (χ1) is 7.22. The zero-order valence-corrected chi connectivity index (χ0v) is 7.77. The number of nitrogens with one attached hydrogen (secondary N) is 1. The lowest BCUT2D eigenvalue weighted by atomic mass is 10.1. The normalized spacial score (nSPS) is 10.1. The first-order valence-electron chi connectivity index (χ1n) is 4.36. The van der Waals surface area contributed by atoms with Crippen molar-refractivity contribution in [3.8, 4) is 0 Å². The van der Waals surface area contributed by atoms with Crippen LogP contribution in [0.5, 0.6) is 0 Å². The van der Waals surface area contributed by atoms with E-state index >= 15 is 0 Å². The lowest BCUT2D eigenvalue weighted by molar-refractivity contribution is 0.0698. The van der Waals surface area contributed by atoms with Crippen molar-refractivity contribution in [2.45, 2.75) is 0 Å². The number of hydrogen-bond donors (Lipinski definition) is 2. The molecular formula is C11H8N2O2. The maximum absolute atomic E-state index is 10.9. The highest BCUT2D eigenvalue weighted by Crippen LogP contribution is 2.26. The standard InChI is InChI=1S/C11H8N2O2/c12-13-10-6-8-4-2-1-3-7(8)5-9(10)11(14)15/h1-6,12H,(H,14,15). The number of fused-ring (bicyclic) bond motifs is 1. The van der Waals surface area contributed by atoms with Gasteiger partial charge in [0.25, 0.3) is 0 Å². The van der Waals surface area contributed by atoms with E-state index in [9.17, 15) is 4.79 Å². The maximum Gasteiger partial charge on any atom is 0.337 e. The van der Waals surface area contributed by atoms with Crippen LogP contribution in [0.1, 0.15) is 10.4 Å². The first-order valence-corrected chi connectivity index (χ1v) is 4.36. The summed E-state index contributed by atoms with van der Waals surface area (Å²) in [6.45, 7) is 0. The van der Waals surface area contributed by atoms with E-state index in [0.29, 0.717) is 0 Å². The third-order valence-corrected chi connectivity index (χ3v) is 2.21. The molecule has 4 nitrogen and oxygen atoms in total. The number of hydrogen-bond acceptors (Lipinski definition) is 3. The van der Waals surface area contributed by atoms with Crippen molar-refractivity contribution in [2.75, 3.05) is 0 Å². The highest BCUT2D eigenvalue weighted by atomic mass is 16.4. The van der Waals surface area contributed by atoms with Crippen molar-refractivity contribution in [1.29, 1.82) is 5.53 Å². The Labute approximate surface area is 85.7 Å². The molecule has 74 valence electrons. The quantitative estimate of drug-likeness (QED) is 0.730. The van der Waals surface area contributed by atoms with E-state index in [0.717, 1.165) is 10.8 Å². The molecule has 2 aromatic carbocycles. The Balaban J connectivity index is 2.80. The zero-order valence-electron chi connectivity index (χ0n) is 7.77. The predicted octanol–water partition coefficient (Wildman–Crippen LogP) is 3.20. The molecule has 0 fully saturated rings. The number of carboxylic acids is 1. The summed E-state index contributed by atoms with van der Waals surface area (Å²) in [5.74, 6) is -1.06. The molecular weight excluding hydrogens is 192 g/mol. The number of benzene rings is 2. The topological polar surface area (TPSA) is 73.5 Å². The van der Waals surface area contributed by atoms with E-state index < -0.39 is 5.97 Å². The van der Waals surface area contributed by atoms with E-state index in [1.807, 2.05) is 24.3 Å². The largest absolute Gasteiger partial charge is 0.478 e. The van der Waals surface area contributed by atoms with Gasteiger partial charge in [0.15, 0.2) is 0 Å². The predicted molar refractivity (Wildman–Crippen MR) is 55.7 cm³/mol. The molecule has 0 amide bonds. The van der Waals surface area contributed by atoms with Crippen LogP contribution in [0.3, 0.4) is 0 Å². The van der Waals surface area contributed by atoms with Crippen LogP contribution >= 0.6 is 0 Å². The smallest absolute Gasteiger partial charge is 0.337 e. The van der Waals surface area contributed by atoms with Crippen LogP contribution in [0.2, 0.25) is 0 Å². The molecule has 0 aliphatic rings. The second-order valence-electron chi connectivity index (χ2n) is 3.13. The highest BCUT2D eigenvalue weighted by molar-refractivity contribution is 5.99. The van der Waals surface area contributed by atoms with Gasteiger partial charge >= 0.3 is 5.97 Å². The second-order valence-corrected chi connectivity index (χ2v) is 3.13. The molecule has 0 heterocycles. The van der Waals surface area contributed by atoms with Gasteiger partial charge in [-0.25, -0.2) is 10.3 Å². The molecule has 2 N–H and O–H groups in total. The molecule has 0 aliphatic carbocycles. The Kier molecular flexibility index (Phi) is 2.17. The van der Waals surface area contributed by atoms with Gasteiger partial charge in [0, 0.05) is 0 Å². The molecule has 4 heteroatoms. The lowest BCUT2D eigenvalue weighted by Gasteiger charge is -2.02. The number of nitrogens with zero attached hydrogens (tertiary/aromatic N) is 1. The number of rotatable bonds is 2. The lowest BCUT2D eigenvalue weighted by Crippen LogP contribution is -1.96. The summed E-state index contributed by atoms with van der Waals surface area (Å²) < 4.78 is 0. The van der Waals surface area contributed by atoms with Gasteiger partial charge in [0.2, 0.25) is 0 Å². The molecule has 0 saturated heterocycles. The summed E-state index contributed by atoms with van der Waals surface area (Å²) in [5.41, 5.74) is 7.16. The fourth-order valence-corrected chi connectivity index (χ4v) is 1.49. The molecule has 2 rings (SSSR count). The molecule has 0 radical (unpaired) electrons. The van der Waals surface area contributed by atoms with Gasteiger partial charge in [-0.2, -0.15) is 5.11 Å². The van der Waals surface area contributed by atoms with Crippen LogP contribution in [-0.2, 0) is 0 Å². The first kappa shape index (κ1) is 9.33. The van der Waals surface area contributed by atoms with Crippen molar-refractivity contribution in [2.24, 2.45) is 5.11 Å². The molecule has 0 unspecified atom stereocenters. The molecule has 0 aromatic heterocycles. The minimum Gasteiger partial charge on any atom is -0.478 e. The molecule has 0 bridgehead atoms. The molecule has 0 saturated carbocycles. The fraction of sp³-hybridized carbons (Fsp3) is 0. The third kappa shape index (κ3) is 1.57. The molecule has 2 aromatic rings. The van der Waals surface area contributed by atoms with E-state index in [4.69, 9.17) is 10.6 Å². The van der Waals surface area contributed by atoms with Crippen molar-refractivity contribution >= 4 is 22.4 Å². The maximum atomic E-state index is 10.9. The van der Waals surface area contributed by atoms with Crippen molar-refractivity contribution in [3.63, 3.8) is 0 Å². The average molecular weight is 200 g/mol. The van der Waals surface area contributed by atoms with E-state index in [1.165, 1.54) is 6.07 Å². The Hall–Kier alpha value is -2.23. The summed E-state index contributed by atoms with van der Waals surface area (Å²) in [7, 11) is 0. The molecule has 15 heavy (non-hydrogen) atoms. The van der Waals surface area contributed by atoms with Crippen molar-refractivity contribution in [1.82, 2.24) is 0 Å². The van der Waals surface area contributed by atoms with Crippen LogP contribution in [-0.4, -0.2) is 11.1 Å². The van der Waals surface area contributed by atoms with Crippen LogP contribution in [0.25, 0.3) is 10.8 Å². The van der Waals surface area contributed by atoms with Gasteiger partial charge in [-0.15, -0.1) is 0 Å². The van der Waals surface area contributed by atoms with Crippen LogP contribution in [0.4, 0.5) is 5.69 Å². The van der Waals surface area contributed by atoms with Gasteiger partial charge < -0.3 is 5.11 Å². The van der Waals surface area contributed by atoms with Crippen LogP contribution in [0.15, 0.2) is 41.5 Å². The van der Waals surface area contributed by atoms with Gasteiger partial charge in [0.1, 0.15) is 5.69 Å². The summed E-state index contributed by atoms with van der Waals surface area (Å²) in [4.78, 5) is 10.9. The number of carbonyl (C=O) groups is 1. The van der Waals surface area contributed by atoms with Gasteiger partial charge in [-0.1, -0.05) is 24.3 Å². The van der Waals surface area contributed by atoms with Gasteiger partial charge in [0.05, 0.1) is 5.56 Å². The summed E-state index contributed by atoms with van der Waals surface area (Å²) in [5, 5.41) is 13.8. The van der Waals surface area contributed by atoms with Crippen molar-refractivity contribution in [3.05, 3.63) is 42.0 Å². The number of carboxylic acid groups (broad SMARTS) is 1. The molecule has 0 spiro atoms. The SMILES string of the molecule is N=Nc1cc2ccccc2cc1C(=O)O. The Morgan fingerprint density at radius 1 is 1.20 bits per heavy atom. The average Bonchev–Trinajstić information content (AvgIpc) is 2.27. The van der Waals surface area contributed by atoms with Gasteiger partial charge in [-0.05, 0) is 22.9 Å². The minimum atomic E-state index is -1.06. The minimum absolute atomic E-state index is 0.0590. The van der Waals surface area contributed by atoms with Crippen LogP contribution in [0, 0.1) is 5.53 Å². The number of aromatic carboxylic acids is 1. The monoisotopic (exact) mass is 200 g/mol. The Morgan fingerprint density at radius 3 is 2.33 bits per heavy atom. The Bertz CT molecular complexity index is 549.